The number of dihydropyridines is 1. The van der Waals surface area contributed by atoms with Gasteiger partial charge in [0.25, 0.3) is 0 Å². The van der Waals surface area contributed by atoms with E-state index in [1.165, 1.54) is 18.2 Å². The molecule has 0 bridgehead atoms. The van der Waals surface area contributed by atoms with Crippen LogP contribution in [0.1, 0.15) is 55.2 Å². The first kappa shape index (κ1) is 24.6. The third-order valence-electron chi connectivity index (χ3n) is 6.49. The maximum Gasteiger partial charge on any atom is 0.416 e. The number of esters is 1. The molecule has 2 aliphatic rings. The number of rotatable bonds is 5. The monoisotopic (exact) mass is 485 g/mol. The molecule has 35 heavy (non-hydrogen) atoms. The van der Waals surface area contributed by atoms with Gasteiger partial charge in [0.2, 0.25) is 0 Å². The molecule has 0 amide bonds. The van der Waals surface area contributed by atoms with Gasteiger partial charge in [-0.15, -0.1) is 0 Å². The number of alkyl halides is 3. The molecule has 0 saturated heterocycles. The molecule has 2 aromatic rings. The van der Waals surface area contributed by atoms with E-state index in [-0.39, 0.29) is 41.4 Å². The van der Waals surface area contributed by atoms with Crippen molar-refractivity contribution in [3.63, 3.8) is 0 Å². The highest BCUT2D eigenvalue weighted by molar-refractivity contribution is 6.04. The van der Waals surface area contributed by atoms with Gasteiger partial charge in [-0.05, 0) is 55.5 Å². The fourth-order valence-electron chi connectivity index (χ4n) is 4.95. The third kappa shape index (κ3) is 4.70. The predicted octanol–water partition coefficient (Wildman–Crippen LogP) is 5.64. The molecule has 0 aromatic heterocycles. The standard InChI is InChI=1S/C27H26F3NO4/c1-4-35-26(33)23-15(2)31-21-13-17(16-9-11-18(34-3)12-10-16)14-22(32)25(21)24(23)19-7-5-6-8-20(19)27(28,29)30/h5-12,17,24,31H,4,13-14H2,1-3H3. The van der Waals surface area contributed by atoms with E-state index in [4.69, 9.17) is 9.47 Å². The predicted molar refractivity (Wildman–Crippen MR) is 124 cm³/mol. The number of hydrogen-bond donors (Lipinski definition) is 1. The van der Waals surface area contributed by atoms with Crippen LogP contribution in [0.5, 0.6) is 5.75 Å². The van der Waals surface area contributed by atoms with Crippen molar-refractivity contribution in [2.75, 3.05) is 13.7 Å². The number of nitrogens with one attached hydrogen (secondary N) is 1. The van der Waals surface area contributed by atoms with Crippen molar-refractivity contribution >= 4 is 11.8 Å². The van der Waals surface area contributed by atoms with Crippen LogP contribution in [0.2, 0.25) is 0 Å². The second-order valence-corrected chi connectivity index (χ2v) is 8.60. The van der Waals surface area contributed by atoms with Gasteiger partial charge >= 0.3 is 12.1 Å². The zero-order chi connectivity index (χ0) is 25.3. The second-order valence-electron chi connectivity index (χ2n) is 8.60. The molecule has 1 aliphatic carbocycles. The molecule has 2 atom stereocenters. The summed E-state index contributed by atoms with van der Waals surface area (Å²) in [5.41, 5.74) is 1.06. The van der Waals surface area contributed by atoms with Crippen molar-refractivity contribution in [1.82, 2.24) is 5.32 Å². The summed E-state index contributed by atoms with van der Waals surface area (Å²) in [4.78, 5) is 26.5. The molecule has 1 N–H and O–H groups in total. The average Bonchev–Trinajstić information content (AvgIpc) is 2.82. The number of carbonyl (C=O) groups is 2. The summed E-state index contributed by atoms with van der Waals surface area (Å²) in [6.45, 7) is 3.31. The van der Waals surface area contributed by atoms with Gasteiger partial charge in [-0.2, -0.15) is 13.2 Å². The molecule has 5 nitrogen and oxygen atoms in total. The minimum Gasteiger partial charge on any atom is -0.497 e. The maximum absolute atomic E-state index is 14.0. The number of methoxy groups -OCH3 is 1. The van der Waals surface area contributed by atoms with E-state index in [1.807, 2.05) is 24.3 Å². The van der Waals surface area contributed by atoms with Crippen LogP contribution in [-0.4, -0.2) is 25.5 Å². The Kier molecular flexibility index (Phi) is 6.74. The van der Waals surface area contributed by atoms with Gasteiger partial charge in [0.15, 0.2) is 5.78 Å². The Balaban J connectivity index is 1.84. The number of allylic oxidation sites excluding steroid dienone is 3. The van der Waals surface area contributed by atoms with Crippen LogP contribution < -0.4 is 10.1 Å². The van der Waals surface area contributed by atoms with E-state index in [1.54, 1.807) is 21.0 Å². The molecular formula is C27H26F3NO4. The quantitative estimate of drug-likeness (QED) is 0.556. The Morgan fingerprint density at radius 3 is 2.40 bits per heavy atom. The van der Waals surface area contributed by atoms with Crippen LogP contribution >= 0.6 is 0 Å². The second kappa shape index (κ2) is 9.60. The van der Waals surface area contributed by atoms with Crippen molar-refractivity contribution in [1.29, 1.82) is 0 Å². The van der Waals surface area contributed by atoms with Gasteiger partial charge in [-0.1, -0.05) is 30.3 Å². The van der Waals surface area contributed by atoms with E-state index in [0.717, 1.165) is 11.6 Å². The molecule has 1 aliphatic heterocycles. The zero-order valence-corrected chi connectivity index (χ0v) is 19.7. The SMILES string of the molecule is CCOC(=O)C1=C(C)NC2=C(C(=O)CC(c3ccc(OC)cc3)C2)C1c1ccccc1C(F)(F)F. The van der Waals surface area contributed by atoms with Gasteiger partial charge in [0.1, 0.15) is 5.75 Å². The minimum absolute atomic E-state index is 0.0264. The first-order valence-corrected chi connectivity index (χ1v) is 11.4. The Labute approximate surface area is 201 Å². The van der Waals surface area contributed by atoms with Crippen LogP contribution in [0.25, 0.3) is 0 Å². The summed E-state index contributed by atoms with van der Waals surface area (Å²) in [5.74, 6) is -1.68. The molecule has 2 aromatic carbocycles. The number of ether oxygens (including phenoxy) is 2. The number of carbonyl (C=O) groups excluding carboxylic acids is 2. The molecular weight excluding hydrogens is 459 g/mol. The fourth-order valence-corrected chi connectivity index (χ4v) is 4.95. The van der Waals surface area contributed by atoms with Crippen molar-refractivity contribution in [3.05, 3.63) is 87.8 Å². The number of halogens is 3. The topological polar surface area (TPSA) is 64.6 Å². The molecule has 1 heterocycles. The highest BCUT2D eigenvalue weighted by Crippen LogP contribution is 2.48. The lowest BCUT2D eigenvalue weighted by molar-refractivity contribution is -0.140. The zero-order valence-electron chi connectivity index (χ0n) is 19.7. The summed E-state index contributed by atoms with van der Waals surface area (Å²) >= 11 is 0. The van der Waals surface area contributed by atoms with Crippen molar-refractivity contribution in [2.24, 2.45) is 0 Å². The van der Waals surface area contributed by atoms with Crippen LogP contribution in [0.15, 0.2) is 71.1 Å². The van der Waals surface area contributed by atoms with Crippen molar-refractivity contribution < 1.29 is 32.2 Å². The third-order valence-corrected chi connectivity index (χ3v) is 6.49. The molecule has 0 radical (unpaired) electrons. The van der Waals surface area contributed by atoms with Crippen LogP contribution in [-0.2, 0) is 20.5 Å². The van der Waals surface area contributed by atoms with Gasteiger partial charge in [0.05, 0.1) is 24.9 Å². The van der Waals surface area contributed by atoms with E-state index < -0.39 is 23.6 Å². The van der Waals surface area contributed by atoms with E-state index in [2.05, 4.69) is 5.32 Å². The lowest BCUT2D eigenvalue weighted by atomic mass is 9.71. The van der Waals surface area contributed by atoms with Crippen LogP contribution in [0, 0.1) is 0 Å². The Hall–Kier alpha value is -3.55. The number of benzene rings is 2. The maximum atomic E-state index is 14.0. The Bertz CT molecular complexity index is 1210. The number of ketones is 1. The fraction of sp³-hybridized carbons (Fsp3) is 0.333. The molecule has 2 unspecified atom stereocenters. The van der Waals surface area contributed by atoms with Crippen molar-refractivity contribution in [3.8, 4) is 5.75 Å². The number of Topliss-reactive ketones (excluding diaryl/α,β-unsaturated/α-hetero) is 1. The van der Waals surface area contributed by atoms with Gasteiger partial charge in [-0.3, -0.25) is 4.79 Å². The highest BCUT2D eigenvalue weighted by atomic mass is 19.4. The van der Waals surface area contributed by atoms with Gasteiger partial charge in [-0.25, -0.2) is 4.79 Å². The molecule has 0 spiro atoms. The Morgan fingerprint density at radius 1 is 1.09 bits per heavy atom. The highest BCUT2D eigenvalue weighted by Gasteiger charge is 2.45. The van der Waals surface area contributed by atoms with Crippen molar-refractivity contribution in [2.45, 2.75) is 44.7 Å². The summed E-state index contributed by atoms with van der Waals surface area (Å²) in [6.07, 6.45) is -4.11. The largest absolute Gasteiger partial charge is 0.497 e. The molecule has 0 saturated carbocycles. The normalized spacial score (nSPS) is 20.3. The first-order chi connectivity index (χ1) is 16.7. The van der Waals surface area contributed by atoms with Crippen LogP contribution in [0.4, 0.5) is 13.2 Å². The van der Waals surface area contributed by atoms with Gasteiger partial charge in [0, 0.05) is 29.3 Å². The minimum atomic E-state index is -4.65. The van der Waals surface area contributed by atoms with E-state index in [0.29, 0.717) is 23.6 Å². The summed E-state index contributed by atoms with van der Waals surface area (Å²) in [7, 11) is 1.57. The van der Waals surface area contributed by atoms with E-state index in [9.17, 15) is 22.8 Å². The summed E-state index contributed by atoms with van der Waals surface area (Å²) < 4.78 is 52.3. The molecule has 184 valence electrons. The first-order valence-electron chi connectivity index (χ1n) is 11.4. The molecule has 0 fully saturated rings. The summed E-state index contributed by atoms with van der Waals surface area (Å²) in [5, 5.41) is 3.15. The van der Waals surface area contributed by atoms with Gasteiger partial charge < -0.3 is 14.8 Å². The van der Waals surface area contributed by atoms with Crippen LogP contribution in [0.3, 0.4) is 0 Å². The number of hydrogen-bond acceptors (Lipinski definition) is 5. The average molecular weight is 486 g/mol. The molecule has 8 heteroatoms. The Morgan fingerprint density at radius 2 is 1.77 bits per heavy atom. The lowest BCUT2D eigenvalue weighted by Crippen LogP contribution is -2.36. The van der Waals surface area contributed by atoms with E-state index >= 15 is 0 Å². The molecule has 4 rings (SSSR count). The smallest absolute Gasteiger partial charge is 0.416 e. The lowest BCUT2D eigenvalue weighted by Gasteiger charge is -2.37. The summed E-state index contributed by atoms with van der Waals surface area (Å²) in [6, 6.07) is 12.5.